The van der Waals surface area contributed by atoms with E-state index in [4.69, 9.17) is 0 Å². The number of hydrogen-bond acceptors (Lipinski definition) is 4. The molecule has 1 aliphatic rings. The molecular formula is C31H27N3O3S. The fraction of sp³-hybridized carbons (Fsp3) is 0.129. The summed E-state index contributed by atoms with van der Waals surface area (Å²) < 4.78 is 0. The van der Waals surface area contributed by atoms with Crippen molar-refractivity contribution in [1.29, 1.82) is 0 Å². The van der Waals surface area contributed by atoms with E-state index in [1.54, 1.807) is 11.9 Å². The number of urea groups is 1. The summed E-state index contributed by atoms with van der Waals surface area (Å²) in [5.41, 5.74) is 7.08. The van der Waals surface area contributed by atoms with Crippen molar-refractivity contribution < 1.29 is 14.4 Å². The van der Waals surface area contributed by atoms with Crippen molar-refractivity contribution in [3.05, 3.63) is 114 Å². The van der Waals surface area contributed by atoms with E-state index in [9.17, 15) is 14.4 Å². The average molecular weight is 522 g/mol. The van der Waals surface area contributed by atoms with Gasteiger partial charge in [0.15, 0.2) is 0 Å². The minimum Gasteiger partial charge on any atom is -0.323 e. The monoisotopic (exact) mass is 521 g/mol. The standard InChI is InChI=1S/C31H27N3O3S/c1-34(30(36)32-27-16-14-24(15-17-27)23-7-3-2-4-8-23)20-22-6-5-9-26(18-22)25-12-10-21(11-13-25)19-28-29(35)33-31(37)38-28/h2-18,28H,19-20H2,1H3,(H,32,36)(H,33,35,37). The van der Waals surface area contributed by atoms with Gasteiger partial charge in [0, 0.05) is 19.3 Å². The molecule has 0 spiro atoms. The van der Waals surface area contributed by atoms with Gasteiger partial charge >= 0.3 is 6.03 Å². The molecule has 6 nitrogen and oxygen atoms in total. The first kappa shape index (κ1) is 25.3. The van der Waals surface area contributed by atoms with Crippen LogP contribution >= 0.6 is 11.8 Å². The minimum atomic E-state index is -0.375. The first-order valence-corrected chi connectivity index (χ1v) is 13.2. The summed E-state index contributed by atoms with van der Waals surface area (Å²) in [6, 6.07) is 33.9. The van der Waals surface area contributed by atoms with Crippen molar-refractivity contribution in [1.82, 2.24) is 10.2 Å². The molecule has 5 rings (SSSR count). The summed E-state index contributed by atoms with van der Waals surface area (Å²) in [5, 5.41) is 4.63. The maximum absolute atomic E-state index is 12.8. The maximum Gasteiger partial charge on any atom is 0.321 e. The molecule has 38 heavy (non-hydrogen) atoms. The Labute approximate surface area is 226 Å². The molecule has 1 atom stereocenters. The molecule has 190 valence electrons. The number of carbonyl (C=O) groups is 3. The molecule has 1 unspecified atom stereocenters. The molecule has 1 heterocycles. The van der Waals surface area contributed by atoms with Crippen molar-refractivity contribution in [3.8, 4) is 22.3 Å². The molecule has 0 aliphatic carbocycles. The number of anilines is 1. The Bertz CT molecular complexity index is 1450. The summed E-state index contributed by atoms with van der Waals surface area (Å²) in [4.78, 5) is 37.7. The van der Waals surface area contributed by atoms with Crippen LogP contribution in [0.4, 0.5) is 15.3 Å². The van der Waals surface area contributed by atoms with Crippen LogP contribution in [0.5, 0.6) is 0 Å². The number of nitrogens with zero attached hydrogens (tertiary/aromatic N) is 1. The smallest absolute Gasteiger partial charge is 0.321 e. The van der Waals surface area contributed by atoms with Crippen LogP contribution in [0.25, 0.3) is 22.3 Å². The van der Waals surface area contributed by atoms with E-state index in [-0.39, 0.29) is 22.4 Å². The molecular weight excluding hydrogens is 494 g/mol. The highest BCUT2D eigenvalue weighted by Gasteiger charge is 2.31. The number of hydrogen-bond donors (Lipinski definition) is 2. The lowest BCUT2D eigenvalue weighted by Crippen LogP contribution is -2.30. The van der Waals surface area contributed by atoms with Crippen LogP contribution in [-0.2, 0) is 17.8 Å². The Balaban J connectivity index is 1.19. The van der Waals surface area contributed by atoms with E-state index in [2.05, 4.69) is 28.8 Å². The van der Waals surface area contributed by atoms with Crippen LogP contribution in [0.1, 0.15) is 11.1 Å². The number of thioether (sulfide) groups is 1. The Morgan fingerprint density at radius 1 is 0.789 bits per heavy atom. The van der Waals surface area contributed by atoms with Crippen molar-refractivity contribution in [2.24, 2.45) is 0 Å². The van der Waals surface area contributed by atoms with E-state index in [1.165, 1.54) is 0 Å². The summed E-state index contributed by atoms with van der Waals surface area (Å²) >= 11 is 1.04. The quantitative estimate of drug-likeness (QED) is 0.288. The van der Waals surface area contributed by atoms with Gasteiger partial charge in [0.05, 0.1) is 5.25 Å². The second-order valence-corrected chi connectivity index (χ2v) is 10.4. The Hall–Kier alpha value is -4.36. The van der Waals surface area contributed by atoms with Crippen LogP contribution in [0.2, 0.25) is 0 Å². The molecule has 4 aromatic rings. The zero-order valence-corrected chi connectivity index (χ0v) is 21.7. The number of imide groups is 1. The molecule has 2 N–H and O–H groups in total. The lowest BCUT2D eigenvalue weighted by atomic mass is 10.00. The number of benzene rings is 4. The normalized spacial score (nSPS) is 14.7. The van der Waals surface area contributed by atoms with E-state index in [1.807, 2.05) is 84.9 Å². The van der Waals surface area contributed by atoms with Crippen LogP contribution in [-0.4, -0.2) is 34.4 Å². The Kier molecular flexibility index (Phi) is 7.56. The van der Waals surface area contributed by atoms with Gasteiger partial charge < -0.3 is 10.2 Å². The molecule has 4 amide bonds. The molecule has 1 aliphatic heterocycles. The van der Waals surface area contributed by atoms with Gasteiger partial charge in [-0.05, 0) is 58.0 Å². The summed E-state index contributed by atoms with van der Waals surface area (Å²) in [6.07, 6.45) is 0.511. The molecule has 0 bridgehead atoms. The van der Waals surface area contributed by atoms with Gasteiger partial charge in [-0.1, -0.05) is 96.7 Å². The van der Waals surface area contributed by atoms with Gasteiger partial charge in [0.25, 0.3) is 5.24 Å². The summed E-state index contributed by atoms with van der Waals surface area (Å²) in [7, 11) is 1.77. The Morgan fingerprint density at radius 3 is 2.11 bits per heavy atom. The number of amides is 4. The molecule has 1 saturated heterocycles. The lowest BCUT2D eigenvalue weighted by Gasteiger charge is -2.19. The zero-order chi connectivity index (χ0) is 26.5. The van der Waals surface area contributed by atoms with Crippen LogP contribution < -0.4 is 10.6 Å². The first-order chi connectivity index (χ1) is 18.4. The van der Waals surface area contributed by atoms with Gasteiger partial charge in [-0.15, -0.1) is 0 Å². The maximum atomic E-state index is 12.8. The largest absolute Gasteiger partial charge is 0.323 e. The summed E-state index contributed by atoms with van der Waals surface area (Å²) in [5.74, 6) is -0.228. The Morgan fingerprint density at radius 2 is 1.42 bits per heavy atom. The molecule has 0 saturated carbocycles. The highest BCUT2D eigenvalue weighted by Crippen LogP contribution is 2.26. The number of carbonyl (C=O) groups excluding carboxylic acids is 3. The predicted octanol–water partition coefficient (Wildman–Crippen LogP) is 6.58. The zero-order valence-electron chi connectivity index (χ0n) is 20.9. The molecule has 7 heteroatoms. The van der Waals surface area contributed by atoms with Crippen LogP contribution in [0.3, 0.4) is 0 Å². The topological polar surface area (TPSA) is 78.5 Å². The van der Waals surface area contributed by atoms with E-state index in [0.717, 1.165) is 50.8 Å². The third kappa shape index (κ3) is 6.12. The van der Waals surface area contributed by atoms with Crippen molar-refractivity contribution in [3.63, 3.8) is 0 Å². The van der Waals surface area contributed by atoms with Gasteiger partial charge in [0.2, 0.25) is 5.91 Å². The van der Waals surface area contributed by atoms with Gasteiger partial charge in [-0.3, -0.25) is 14.9 Å². The van der Waals surface area contributed by atoms with Crippen LogP contribution in [0, 0.1) is 0 Å². The van der Waals surface area contributed by atoms with Crippen LogP contribution in [0.15, 0.2) is 103 Å². The third-order valence-electron chi connectivity index (χ3n) is 6.41. The van der Waals surface area contributed by atoms with Gasteiger partial charge in [-0.25, -0.2) is 4.79 Å². The van der Waals surface area contributed by atoms with Gasteiger partial charge in [-0.2, -0.15) is 0 Å². The molecule has 0 radical (unpaired) electrons. The highest BCUT2D eigenvalue weighted by molar-refractivity contribution is 8.15. The molecule has 1 fully saturated rings. The number of nitrogens with one attached hydrogen (secondary N) is 2. The first-order valence-electron chi connectivity index (χ1n) is 12.3. The van der Waals surface area contributed by atoms with Crippen molar-refractivity contribution >= 4 is 34.6 Å². The minimum absolute atomic E-state index is 0.181. The fourth-order valence-corrected chi connectivity index (χ4v) is 5.23. The molecule has 0 aromatic heterocycles. The molecule has 4 aromatic carbocycles. The number of rotatable bonds is 7. The van der Waals surface area contributed by atoms with E-state index < -0.39 is 0 Å². The lowest BCUT2D eigenvalue weighted by molar-refractivity contribution is -0.118. The van der Waals surface area contributed by atoms with Crippen molar-refractivity contribution in [2.45, 2.75) is 18.2 Å². The highest BCUT2D eigenvalue weighted by atomic mass is 32.2. The predicted molar refractivity (Wildman–Crippen MR) is 153 cm³/mol. The second-order valence-electron chi connectivity index (χ2n) is 9.21. The SMILES string of the molecule is CN(Cc1cccc(-c2ccc(CC3SC(=O)NC3=O)cc2)c1)C(=O)Nc1ccc(-c2ccccc2)cc1. The van der Waals surface area contributed by atoms with Gasteiger partial charge in [0.1, 0.15) is 0 Å². The van der Waals surface area contributed by atoms with E-state index in [0.29, 0.717) is 13.0 Å². The summed E-state index contributed by atoms with van der Waals surface area (Å²) in [6.45, 7) is 0.460. The van der Waals surface area contributed by atoms with E-state index >= 15 is 0 Å². The second kappa shape index (κ2) is 11.4. The third-order valence-corrected chi connectivity index (χ3v) is 7.39. The average Bonchev–Trinajstić information content (AvgIpc) is 3.26. The van der Waals surface area contributed by atoms with Crippen molar-refractivity contribution in [2.75, 3.05) is 12.4 Å². The fourth-order valence-electron chi connectivity index (χ4n) is 4.37.